The molecule has 2 rings (SSSR count). The van der Waals surface area contributed by atoms with Crippen molar-refractivity contribution in [2.24, 2.45) is 0 Å². The first-order valence-corrected chi connectivity index (χ1v) is 5.29. The topological polar surface area (TPSA) is 32.3 Å². The van der Waals surface area contributed by atoms with E-state index in [1.165, 1.54) is 12.1 Å². The van der Waals surface area contributed by atoms with Gasteiger partial charge in [0.1, 0.15) is 5.82 Å². The fourth-order valence-electron chi connectivity index (χ4n) is 2.20. The van der Waals surface area contributed by atoms with Gasteiger partial charge in [0.05, 0.1) is 6.10 Å². The van der Waals surface area contributed by atoms with Gasteiger partial charge in [-0.25, -0.2) is 4.39 Å². The molecule has 3 heteroatoms. The minimum atomic E-state index is -0.263. The molecule has 0 amide bonds. The van der Waals surface area contributed by atoms with Crippen LogP contribution in [-0.2, 0) is 5.54 Å². The summed E-state index contributed by atoms with van der Waals surface area (Å²) in [5.41, 5.74) is 0.799. The third kappa shape index (κ3) is 2.19. The smallest absolute Gasteiger partial charge is 0.123 e. The number of piperidine rings is 1. The first-order valence-electron chi connectivity index (χ1n) is 5.29. The molecule has 15 heavy (non-hydrogen) atoms. The first-order chi connectivity index (χ1) is 7.10. The number of nitrogens with one attached hydrogen (secondary N) is 1. The lowest BCUT2D eigenvalue weighted by atomic mass is 9.83. The van der Waals surface area contributed by atoms with E-state index in [0.717, 1.165) is 18.5 Å². The van der Waals surface area contributed by atoms with Crippen LogP contribution >= 0.6 is 0 Å². The third-order valence-corrected chi connectivity index (χ3v) is 3.12. The molecule has 1 aromatic rings. The minimum Gasteiger partial charge on any atom is -0.393 e. The summed E-state index contributed by atoms with van der Waals surface area (Å²) in [6.07, 6.45) is 1.20. The minimum absolute atomic E-state index is 0.223. The van der Waals surface area contributed by atoms with Crippen molar-refractivity contribution in [2.75, 3.05) is 6.54 Å². The van der Waals surface area contributed by atoms with E-state index in [1.54, 1.807) is 12.1 Å². The summed E-state index contributed by atoms with van der Waals surface area (Å²) in [4.78, 5) is 0. The Kier molecular flexibility index (Phi) is 2.76. The summed E-state index contributed by atoms with van der Waals surface area (Å²) >= 11 is 0. The summed E-state index contributed by atoms with van der Waals surface area (Å²) in [5.74, 6) is -0.223. The van der Waals surface area contributed by atoms with E-state index in [2.05, 4.69) is 5.32 Å². The van der Waals surface area contributed by atoms with E-state index in [0.29, 0.717) is 6.42 Å². The Morgan fingerprint density at radius 1 is 1.40 bits per heavy atom. The molecular formula is C12H16FNO. The molecule has 1 saturated heterocycles. The van der Waals surface area contributed by atoms with Crippen LogP contribution in [0.1, 0.15) is 25.3 Å². The number of aliphatic hydroxyl groups excluding tert-OH is 1. The van der Waals surface area contributed by atoms with Gasteiger partial charge in [0.25, 0.3) is 0 Å². The average Bonchev–Trinajstić information content (AvgIpc) is 2.18. The molecule has 0 aliphatic carbocycles. The lowest BCUT2D eigenvalue weighted by molar-refractivity contribution is 0.0835. The average molecular weight is 209 g/mol. The van der Waals surface area contributed by atoms with E-state index < -0.39 is 0 Å². The molecule has 0 radical (unpaired) electrons. The van der Waals surface area contributed by atoms with Crippen molar-refractivity contribution < 1.29 is 9.50 Å². The van der Waals surface area contributed by atoms with E-state index >= 15 is 0 Å². The van der Waals surface area contributed by atoms with Gasteiger partial charge < -0.3 is 10.4 Å². The molecule has 0 saturated carbocycles. The van der Waals surface area contributed by atoms with Gasteiger partial charge in [-0.3, -0.25) is 0 Å². The van der Waals surface area contributed by atoms with Crippen molar-refractivity contribution >= 4 is 0 Å². The van der Waals surface area contributed by atoms with Gasteiger partial charge >= 0.3 is 0 Å². The van der Waals surface area contributed by atoms with Crippen LogP contribution in [0.25, 0.3) is 0 Å². The van der Waals surface area contributed by atoms with Gasteiger partial charge in [-0.2, -0.15) is 0 Å². The molecule has 0 spiro atoms. The fourth-order valence-corrected chi connectivity index (χ4v) is 2.20. The Bertz CT molecular complexity index is 338. The molecule has 1 aromatic carbocycles. The Balaban J connectivity index is 2.24. The molecule has 1 fully saturated rings. The number of hydrogen-bond acceptors (Lipinski definition) is 2. The van der Waals surface area contributed by atoms with Crippen LogP contribution in [-0.4, -0.2) is 17.8 Å². The van der Waals surface area contributed by atoms with Crippen molar-refractivity contribution in [3.8, 4) is 0 Å². The van der Waals surface area contributed by atoms with E-state index in [4.69, 9.17) is 0 Å². The Hall–Kier alpha value is -0.930. The van der Waals surface area contributed by atoms with Crippen molar-refractivity contribution in [2.45, 2.75) is 31.4 Å². The second kappa shape index (κ2) is 3.91. The SMILES string of the molecule is CC1(c2ccc(F)cc2)CC(O)CCN1. The maximum absolute atomic E-state index is 12.8. The second-order valence-corrected chi connectivity index (χ2v) is 4.41. The Morgan fingerprint density at radius 2 is 2.07 bits per heavy atom. The van der Waals surface area contributed by atoms with Crippen molar-refractivity contribution in [3.63, 3.8) is 0 Å². The highest BCUT2D eigenvalue weighted by Crippen LogP contribution is 2.29. The van der Waals surface area contributed by atoms with Crippen LogP contribution in [0.4, 0.5) is 4.39 Å². The predicted octanol–water partition coefficient (Wildman–Crippen LogP) is 1.79. The summed E-state index contributed by atoms with van der Waals surface area (Å²) in [6.45, 7) is 2.84. The molecule has 1 aliphatic heterocycles. The largest absolute Gasteiger partial charge is 0.393 e. The molecule has 1 heterocycles. The molecule has 2 unspecified atom stereocenters. The highest BCUT2D eigenvalue weighted by atomic mass is 19.1. The van der Waals surface area contributed by atoms with Crippen LogP contribution in [0.3, 0.4) is 0 Å². The Morgan fingerprint density at radius 3 is 2.67 bits per heavy atom. The molecular weight excluding hydrogens is 193 g/mol. The van der Waals surface area contributed by atoms with Crippen LogP contribution < -0.4 is 5.32 Å². The maximum Gasteiger partial charge on any atom is 0.123 e. The fraction of sp³-hybridized carbons (Fsp3) is 0.500. The highest BCUT2D eigenvalue weighted by Gasteiger charge is 2.32. The summed E-state index contributed by atoms with van der Waals surface area (Å²) in [5, 5.41) is 13.0. The monoisotopic (exact) mass is 209 g/mol. The molecule has 0 aromatic heterocycles. The molecule has 2 nitrogen and oxygen atoms in total. The zero-order valence-corrected chi connectivity index (χ0v) is 8.83. The molecule has 0 bridgehead atoms. The summed E-state index contributed by atoms with van der Waals surface area (Å²) in [6, 6.07) is 6.48. The van der Waals surface area contributed by atoms with E-state index in [9.17, 15) is 9.50 Å². The van der Waals surface area contributed by atoms with Gasteiger partial charge in [-0.05, 0) is 44.0 Å². The zero-order valence-electron chi connectivity index (χ0n) is 8.83. The molecule has 2 atom stereocenters. The number of rotatable bonds is 1. The summed E-state index contributed by atoms with van der Waals surface area (Å²) < 4.78 is 12.8. The van der Waals surface area contributed by atoms with Gasteiger partial charge in [0.15, 0.2) is 0 Å². The zero-order chi connectivity index (χ0) is 10.9. The van der Waals surface area contributed by atoms with Crippen LogP contribution in [0.2, 0.25) is 0 Å². The lowest BCUT2D eigenvalue weighted by Gasteiger charge is -2.38. The van der Waals surface area contributed by atoms with Gasteiger partial charge in [-0.15, -0.1) is 0 Å². The van der Waals surface area contributed by atoms with Crippen molar-refractivity contribution in [1.29, 1.82) is 0 Å². The van der Waals surface area contributed by atoms with Crippen molar-refractivity contribution in [1.82, 2.24) is 5.32 Å². The van der Waals surface area contributed by atoms with Crippen LogP contribution in [0.15, 0.2) is 24.3 Å². The summed E-state index contributed by atoms with van der Waals surface area (Å²) in [7, 11) is 0. The van der Waals surface area contributed by atoms with Gasteiger partial charge in [-0.1, -0.05) is 12.1 Å². The maximum atomic E-state index is 12.8. The second-order valence-electron chi connectivity index (χ2n) is 4.41. The van der Waals surface area contributed by atoms with Gasteiger partial charge in [0, 0.05) is 5.54 Å². The highest BCUT2D eigenvalue weighted by molar-refractivity contribution is 5.25. The number of benzene rings is 1. The van der Waals surface area contributed by atoms with Crippen molar-refractivity contribution in [3.05, 3.63) is 35.6 Å². The van der Waals surface area contributed by atoms with Gasteiger partial charge in [0.2, 0.25) is 0 Å². The molecule has 82 valence electrons. The Labute approximate surface area is 89.1 Å². The normalized spacial score (nSPS) is 31.5. The van der Waals surface area contributed by atoms with Crippen LogP contribution in [0.5, 0.6) is 0 Å². The third-order valence-electron chi connectivity index (χ3n) is 3.12. The standard InChI is InChI=1S/C12H16FNO/c1-12(8-11(15)6-7-14-12)9-2-4-10(13)5-3-9/h2-5,11,14-15H,6-8H2,1H3. The first kappa shape index (κ1) is 10.6. The number of aliphatic hydroxyl groups is 1. The van der Waals surface area contributed by atoms with E-state index in [1.807, 2.05) is 6.92 Å². The predicted molar refractivity (Wildman–Crippen MR) is 57.0 cm³/mol. The lowest BCUT2D eigenvalue weighted by Crippen LogP contribution is -2.47. The molecule has 1 aliphatic rings. The quantitative estimate of drug-likeness (QED) is 0.739. The molecule has 2 N–H and O–H groups in total. The van der Waals surface area contributed by atoms with E-state index in [-0.39, 0.29) is 17.5 Å². The van der Waals surface area contributed by atoms with Crippen LogP contribution in [0, 0.1) is 5.82 Å². The number of hydrogen-bond donors (Lipinski definition) is 2. The number of halogens is 1.